The van der Waals surface area contributed by atoms with Crippen molar-refractivity contribution in [3.63, 3.8) is 0 Å². The highest BCUT2D eigenvalue weighted by Crippen LogP contribution is 2.36. The number of nitrogens with two attached hydrogens (primary N) is 1. The first-order valence-electron chi connectivity index (χ1n) is 8.21. The number of hydrogen-bond donors (Lipinski definition) is 1. The molecule has 2 atom stereocenters. The quantitative estimate of drug-likeness (QED) is 0.765. The van der Waals surface area contributed by atoms with E-state index in [0.717, 1.165) is 12.5 Å². The molecule has 1 aliphatic heterocycles. The second-order valence-electron chi connectivity index (χ2n) is 7.45. The smallest absolute Gasteiger partial charge is 0.293 e. The number of ether oxygens (including phenoxy) is 1. The molecule has 21 heavy (non-hydrogen) atoms. The van der Waals surface area contributed by atoms with E-state index in [9.17, 15) is 4.79 Å². The van der Waals surface area contributed by atoms with Crippen molar-refractivity contribution in [3.05, 3.63) is 0 Å². The summed E-state index contributed by atoms with van der Waals surface area (Å²) >= 11 is 0. The number of rotatable bonds is 6. The molecule has 2 N–H and O–H groups in total. The molecule has 1 aliphatic rings. The van der Waals surface area contributed by atoms with Gasteiger partial charge in [0.2, 0.25) is 0 Å². The highest BCUT2D eigenvalue weighted by Gasteiger charge is 2.38. The van der Waals surface area contributed by atoms with Gasteiger partial charge in [-0.3, -0.25) is 4.79 Å². The molecule has 0 spiro atoms. The Bertz CT molecular complexity index is 289. The van der Waals surface area contributed by atoms with Crippen LogP contribution in [-0.2, 0) is 9.53 Å². The molecule has 1 fully saturated rings. The molecule has 0 aromatic heterocycles. The lowest BCUT2D eigenvalue weighted by Gasteiger charge is -2.31. The van der Waals surface area contributed by atoms with Crippen LogP contribution < -0.4 is 5.73 Å². The fourth-order valence-electron chi connectivity index (χ4n) is 3.03. The van der Waals surface area contributed by atoms with Gasteiger partial charge in [0.1, 0.15) is 5.60 Å². The topological polar surface area (TPSA) is 55.6 Å². The van der Waals surface area contributed by atoms with E-state index in [1.54, 1.807) is 0 Å². The highest BCUT2D eigenvalue weighted by molar-refractivity contribution is 5.37. The Morgan fingerprint density at radius 2 is 2.05 bits per heavy atom. The van der Waals surface area contributed by atoms with Crippen molar-refractivity contribution in [1.29, 1.82) is 0 Å². The molecule has 0 aromatic rings. The number of hydrogen-bond acceptors (Lipinski definition) is 4. The average Bonchev–Trinajstić information content (AvgIpc) is 2.62. The Hall–Kier alpha value is -0.610. The van der Waals surface area contributed by atoms with Gasteiger partial charge in [-0.15, -0.1) is 0 Å². The molecule has 0 saturated carbocycles. The zero-order valence-corrected chi connectivity index (χ0v) is 14.9. The zero-order chi connectivity index (χ0) is 16.5. The molecule has 0 bridgehead atoms. The van der Waals surface area contributed by atoms with Crippen LogP contribution >= 0.6 is 0 Å². The van der Waals surface area contributed by atoms with Crippen molar-refractivity contribution in [1.82, 2.24) is 4.90 Å². The maximum atomic E-state index is 9.60. The van der Waals surface area contributed by atoms with Gasteiger partial charge in [-0.05, 0) is 72.9 Å². The summed E-state index contributed by atoms with van der Waals surface area (Å²) in [7, 11) is 2.28. The predicted octanol–water partition coefficient (Wildman–Crippen LogP) is 3.19. The molecule has 0 aromatic carbocycles. The van der Waals surface area contributed by atoms with Gasteiger partial charge in [0.15, 0.2) is 0 Å². The van der Waals surface area contributed by atoms with Crippen LogP contribution in [0, 0.1) is 5.92 Å². The summed E-state index contributed by atoms with van der Waals surface area (Å²) in [6.45, 7) is 12.7. The van der Waals surface area contributed by atoms with Crippen molar-refractivity contribution in [2.24, 2.45) is 11.7 Å². The Balaban J connectivity index is 0.000000486. The van der Waals surface area contributed by atoms with E-state index in [1.165, 1.54) is 38.6 Å². The van der Waals surface area contributed by atoms with Crippen LogP contribution in [0.25, 0.3) is 0 Å². The standard InChI is InChI=1S/C12H26N2.C5H10O2/c1-4-7-12(2)9-11(6-5-8-13)10-14(12)3;1-5(2,3)7-4-6/h11H,4-10,13H2,1-3H3;4H,1-3H3. The van der Waals surface area contributed by atoms with E-state index in [4.69, 9.17) is 5.73 Å². The summed E-state index contributed by atoms with van der Waals surface area (Å²) in [6, 6.07) is 0. The van der Waals surface area contributed by atoms with Gasteiger partial charge in [-0.2, -0.15) is 0 Å². The summed E-state index contributed by atoms with van der Waals surface area (Å²) in [4.78, 5) is 12.2. The molecular formula is C17H36N2O2. The molecule has 4 nitrogen and oxygen atoms in total. The minimum Gasteiger partial charge on any atom is -0.462 e. The molecular weight excluding hydrogens is 264 g/mol. The number of nitrogens with zero attached hydrogens (tertiary/aromatic N) is 1. The molecule has 4 heteroatoms. The molecule has 0 amide bonds. The summed E-state index contributed by atoms with van der Waals surface area (Å²) in [5.74, 6) is 0.889. The molecule has 1 heterocycles. The van der Waals surface area contributed by atoms with Gasteiger partial charge < -0.3 is 15.4 Å². The third kappa shape index (κ3) is 8.42. The summed E-state index contributed by atoms with van der Waals surface area (Å²) in [5, 5.41) is 0. The molecule has 126 valence electrons. The second kappa shape index (κ2) is 9.42. The lowest BCUT2D eigenvalue weighted by Crippen LogP contribution is -2.37. The number of carbonyl (C=O) groups excluding carboxylic acids is 1. The third-order valence-electron chi connectivity index (χ3n) is 4.19. The van der Waals surface area contributed by atoms with E-state index in [-0.39, 0.29) is 5.60 Å². The lowest BCUT2D eigenvalue weighted by atomic mass is 9.88. The van der Waals surface area contributed by atoms with E-state index >= 15 is 0 Å². The predicted molar refractivity (Wildman–Crippen MR) is 89.2 cm³/mol. The molecule has 1 saturated heterocycles. The molecule has 2 unspecified atom stereocenters. The van der Waals surface area contributed by atoms with E-state index < -0.39 is 0 Å². The second-order valence-corrected chi connectivity index (χ2v) is 7.45. The van der Waals surface area contributed by atoms with E-state index in [2.05, 4.69) is 30.5 Å². The maximum Gasteiger partial charge on any atom is 0.293 e. The Kier molecular flexibility index (Phi) is 9.14. The van der Waals surface area contributed by atoms with Gasteiger partial charge >= 0.3 is 0 Å². The van der Waals surface area contributed by atoms with Crippen LogP contribution in [0.15, 0.2) is 0 Å². The van der Waals surface area contributed by atoms with Crippen LogP contribution in [0.4, 0.5) is 0 Å². The van der Waals surface area contributed by atoms with Crippen molar-refractivity contribution in [3.8, 4) is 0 Å². The van der Waals surface area contributed by atoms with Gasteiger partial charge in [0, 0.05) is 12.1 Å². The minimum absolute atomic E-state index is 0.318. The van der Waals surface area contributed by atoms with Crippen LogP contribution in [0.2, 0.25) is 0 Å². The maximum absolute atomic E-state index is 9.60. The first-order valence-corrected chi connectivity index (χ1v) is 8.21. The summed E-state index contributed by atoms with van der Waals surface area (Å²) < 4.78 is 4.55. The van der Waals surface area contributed by atoms with Gasteiger partial charge in [-0.25, -0.2) is 0 Å². The van der Waals surface area contributed by atoms with Crippen molar-refractivity contribution in [2.75, 3.05) is 20.1 Å². The molecule has 0 radical (unpaired) electrons. The summed E-state index contributed by atoms with van der Waals surface area (Å²) in [5.41, 5.74) is 5.70. The summed E-state index contributed by atoms with van der Waals surface area (Å²) in [6.07, 6.45) is 6.52. The minimum atomic E-state index is -0.318. The first kappa shape index (κ1) is 20.4. The van der Waals surface area contributed by atoms with Crippen LogP contribution in [0.1, 0.15) is 66.7 Å². The third-order valence-corrected chi connectivity index (χ3v) is 4.19. The fourth-order valence-corrected chi connectivity index (χ4v) is 3.03. The number of carbonyl (C=O) groups is 1. The molecule has 0 aliphatic carbocycles. The van der Waals surface area contributed by atoms with E-state index in [1.807, 2.05) is 20.8 Å². The van der Waals surface area contributed by atoms with Gasteiger partial charge in [0.25, 0.3) is 6.47 Å². The normalized spacial score (nSPS) is 26.1. The first-order chi connectivity index (χ1) is 9.68. The van der Waals surface area contributed by atoms with Crippen LogP contribution in [0.5, 0.6) is 0 Å². The largest absolute Gasteiger partial charge is 0.462 e. The van der Waals surface area contributed by atoms with Crippen molar-refractivity contribution in [2.45, 2.75) is 77.9 Å². The van der Waals surface area contributed by atoms with Crippen LogP contribution in [0.3, 0.4) is 0 Å². The average molecular weight is 300 g/mol. The van der Waals surface area contributed by atoms with Crippen molar-refractivity contribution >= 4 is 6.47 Å². The Labute approximate surface area is 131 Å². The number of likely N-dealkylation sites (tertiary alicyclic amines) is 1. The monoisotopic (exact) mass is 300 g/mol. The van der Waals surface area contributed by atoms with Gasteiger partial charge in [0.05, 0.1) is 0 Å². The Morgan fingerprint density at radius 3 is 2.43 bits per heavy atom. The highest BCUT2D eigenvalue weighted by atomic mass is 16.5. The van der Waals surface area contributed by atoms with Crippen LogP contribution in [-0.4, -0.2) is 42.6 Å². The lowest BCUT2D eigenvalue weighted by molar-refractivity contribution is -0.138. The zero-order valence-electron chi connectivity index (χ0n) is 14.9. The van der Waals surface area contributed by atoms with Crippen molar-refractivity contribution < 1.29 is 9.53 Å². The fraction of sp³-hybridized carbons (Fsp3) is 0.941. The van der Waals surface area contributed by atoms with Gasteiger partial charge in [-0.1, -0.05) is 13.3 Å². The molecule has 1 rings (SSSR count). The Morgan fingerprint density at radius 1 is 1.43 bits per heavy atom. The van der Waals surface area contributed by atoms with E-state index in [0.29, 0.717) is 12.0 Å². The SMILES string of the molecule is CC(C)(C)OC=O.CCCC1(C)CC(CCCN)CN1C.